The van der Waals surface area contributed by atoms with Crippen molar-refractivity contribution in [2.45, 2.75) is 12.5 Å². The summed E-state index contributed by atoms with van der Waals surface area (Å²) in [4.78, 5) is 17.4. The minimum Gasteiger partial charge on any atom is -0.311 e. The Morgan fingerprint density at radius 1 is 1.00 bits per heavy atom. The molecule has 3 aromatic carbocycles. The lowest BCUT2D eigenvalue weighted by Crippen LogP contribution is -2.43. The van der Waals surface area contributed by atoms with E-state index in [1.807, 2.05) is 73.9 Å². The van der Waals surface area contributed by atoms with Gasteiger partial charge in [0.15, 0.2) is 0 Å². The lowest BCUT2D eigenvalue weighted by Gasteiger charge is -2.37. The van der Waals surface area contributed by atoms with Gasteiger partial charge in [-0.2, -0.15) is 0 Å². The highest BCUT2D eigenvalue weighted by atomic mass is 35.5. The minimum atomic E-state index is -0.718. The van der Waals surface area contributed by atoms with Crippen LogP contribution in [0.1, 0.15) is 27.8 Å². The third kappa shape index (κ3) is 4.13. The number of hydrogen-bond acceptors (Lipinski definition) is 3. The van der Waals surface area contributed by atoms with Crippen molar-refractivity contribution in [3.05, 3.63) is 134 Å². The van der Waals surface area contributed by atoms with Gasteiger partial charge in [0, 0.05) is 47.0 Å². The van der Waals surface area contributed by atoms with Gasteiger partial charge in [0.2, 0.25) is 0 Å². The summed E-state index contributed by atoms with van der Waals surface area (Å²) in [6, 6.07) is 25.5. The Morgan fingerprint density at radius 2 is 1.76 bits per heavy atom. The monoisotopic (exact) mass is 503 g/mol. The Morgan fingerprint density at radius 3 is 2.46 bits per heavy atom. The Balaban J connectivity index is 1.88. The Labute approximate surface area is 221 Å². The molecule has 5 aromatic rings. The van der Waals surface area contributed by atoms with Gasteiger partial charge in [0.25, 0.3) is 5.56 Å². The van der Waals surface area contributed by atoms with Gasteiger partial charge in [-0.3, -0.25) is 9.78 Å². The van der Waals surface area contributed by atoms with Crippen LogP contribution in [-0.4, -0.2) is 16.6 Å². The molecule has 0 spiro atoms. The van der Waals surface area contributed by atoms with Crippen LogP contribution < -0.4 is 10.9 Å². The molecule has 182 valence electrons. The van der Waals surface area contributed by atoms with Crippen molar-refractivity contribution >= 4 is 22.5 Å². The third-order valence-electron chi connectivity index (χ3n) is 7.12. The molecule has 37 heavy (non-hydrogen) atoms. The summed E-state index contributed by atoms with van der Waals surface area (Å²) in [7, 11) is 3.74. The van der Waals surface area contributed by atoms with Crippen molar-refractivity contribution in [3.8, 4) is 23.5 Å². The van der Waals surface area contributed by atoms with Crippen LogP contribution in [0.3, 0.4) is 0 Å². The first-order valence-electron chi connectivity index (χ1n) is 12.0. The van der Waals surface area contributed by atoms with E-state index in [0.717, 1.165) is 49.8 Å². The molecule has 0 aliphatic carbocycles. The summed E-state index contributed by atoms with van der Waals surface area (Å²) in [5.41, 5.74) is 6.69. The Kier molecular flexibility index (Phi) is 6.43. The topological polar surface area (TPSA) is 46.9 Å². The van der Waals surface area contributed by atoms with Gasteiger partial charge in [-0.05, 0) is 84.3 Å². The van der Waals surface area contributed by atoms with Crippen molar-refractivity contribution in [2.75, 3.05) is 7.05 Å². The number of fused-ring (bicyclic) bond motifs is 1. The highest BCUT2D eigenvalue weighted by Gasteiger charge is 2.36. The molecule has 0 amide bonds. The molecule has 5 rings (SSSR count). The maximum absolute atomic E-state index is 12.9. The lowest BCUT2D eigenvalue weighted by atomic mass is 9.75. The molecular formula is C32H26ClN3O. The average molecular weight is 504 g/mol. The summed E-state index contributed by atoms with van der Waals surface area (Å²) in [5.74, 6) is 2.70. The number of pyridine rings is 2. The number of aryl methyl sites for hydroxylation is 2. The van der Waals surface area contributed by atoms with Crippen LogP contribution >= 0.6 is 11.6 Å². The molecule has 1 unspecified atom stereocenters. The van der Waals surface area contributed by atoms with Crippen LogP contribution in [0.5, 0.6) is 0 Å². The van der Waals surface area contributed by atoms with Crippen molar-refractivity contribution in [1.29, 1.82) is 0 Å². The molecule has 1 atom stereocenters. The number of nitrogens with one attached hydrogen (secondary N) is 1. The summed E-state index contributed by atoms with van der Waals surface area (Å²) < 4.78 is 1.67. The van der Waals surface area contributed by atoms with E-state index >= 15 is 0 Å². The summed E-state index contributed by atoms with van der Waals surface area (Å²) >= 11 is 6.27. The second kappa shape index (κ2) is 9.71. The van der Waals surface area contributed by atoms with E-state index in [2.05, 4.69) is 35.3 Å². The predicted molar refractivity (Wildman–Crippen MR) is 152 cm³/mol. The smallest absolute Gasteiger partial charge is 0.251 e. The van der Waals surface area contributed by atoms with Gasteiger partial charge >= 0.3 is 0 Å². The van der Waals surface area contributed by atoms with Crippen LogP contribution in [0.2, 0.25) is 5.02 Å². The summed E-state index contributed by atoms with van der Waals surface area (Å²) in [6.07, 6.45) is 9.38. The Hall–Kier alpha value is -4.17. The first-order valence-corrected chi connectivity index (χ1v) is 12.3. The molecule has 0 aliphatic heterocycles. The van der Waals surface area contributed by atoms with E-state index in [0.29, 0.717) is 5.02 Å². The molecule has 0 bridgehead atoms. The van der Waals surface area contributed by atoms with Crippen molar-refractivity contribution in [1.82, 2.24) is 14.9 Å². The quantitative estimate of drug-likeness (QED) is 0.297. The van der Waals surface area contributed by atoms with Crippen LogP contribution in [0.4, 0.5) is 0 Å². The van der Waals surface area contributed by atoms with Crippen molar-refractivity contribution in [3.63, 3.8) is 0 Å². The standard InChI is InChI=1S/C32H26ClN3O/c1-5-22-7-6-8-23(17-22)27-19-31(37)36(4)30-14-11-25(18-28(27)30)32(34-3,24-9-12-26(33)13-10-24)29-20-35-16-15-21(29)2/h1,6-20,34H,2-4H3. The van der Waals surface area contributed by atoms with E-state index < -0.39 is 5.54 Å². The number of halogens is 1. The van der Waals surface area contributed by atoms with Crippen LogP contribution in [0.25, 0.3) is 22.0 Å². The van der Waals surface area contributed by atoms with Gasteiger partial charge in [-0.25, -0.2) is 0 Å². The molecule has 0 radical (unpaired) electrons. The van der Waals surface area contributed by atoms with E-state index in [1.54, 1.807) is 23.9 Å². The van der Waals surface area contributed by atoms with Gasteiger partial charge in [0.05, 0.1) is 11.1 Å². The molecule has 0 aliphatic rings. The highest BCUT2D eigenvalue weighted by Crippen LogP contribution is 2.40. The molecule has 5 heteroatoms. The second-order valence-corrected chi connectivity index (χ2v) is 9.55. The zero-order valence-electron chi connectivity index (χ0n) is 20.9. The van der Waals surface area contributed by atoms with E-state index in [1.165, 1.54) is 0 Å². The molecular weight excluding hydrogens is 478 g/mol. The molecule has 0 saturated heterocycles. The maximum Gasteiger partial charge on any atom is 0.251 e. The zero-order valence-corrected chi connectivity index (χ0v) is 21.7. The SMILES string of the molecule is C#Cc1cccc(-c2cc(=O)n(C)c3ccc(C(NC)(c4ccc(Cl)cc4)c4cnccc4C)cc23)c1. The molecule has 0 fully saturated rings. The van der Waals surface area contributed by atoms with E-state index in [9.17, 15) is 4.79 Å². The van der Waals surface area contributed by atoms with Gasteiger partial charge in [-0.15, -0.1) is 6.42 Å². The first kappa shape index (κ1) is 24.5. The third-order valence-corrected chi connectivity index (χ3v) is 7.37. The predicted octanol–water partition coefficient (Wildman–Crippen LogP) is 6.05. The number of aromatic nitrogens is 2. The lowest BCUT2D eigenvalue weighted by molar-refractivity contribution is 0.521. The zero-order chi connectivity index (χ0) is 26.2. The molecule has 2 aromatic heterocycles. The molecule has 4 nitrogen and oxygen atoms in total. The van der Waals surface area contributed by atoms with Crippen molar-refractivity contribution in [2.24, 2.45) is 7.05 Å². The molecule has 1 N–H and O–H groups in total. The minimum absolute atomic E-state index is 0.0814. The maximum atomic E-state index is 12.9. The highest BCUT2D eigenvalue weighted by molar-refractivity contribution is 6.30. The first-order chi connectivity index (χ1) is 17.9. The van der Waals surface area contributed by atoms with Crippen molar-refractivity contribution < 1.29 is 0 Å². The number of nitrogens with zero attached hydrogens (tertiary/aromatic N) is 2. The number of benzene rings is 3. The summed E-state index contributed by atoms with van der Waals surface area (Å²) in [5, 5.41) is 5.23. The average Bonchev–Trinajstić information content (AvgIpc) is 2.93. The number of hydrogen-bond donors (Lipinski definition) is 1. The summed E-state index contributed by atoms with van der Waals surface area (Å²) in [6.45, 7) is 2.08. The Bertz CT molecular complexity index is 1730. The molecule has 2 heterocycles. The van der Waals surface area contributed by atoms with Gasteiger partial charge < -0.3 is 9.88 Å². The second-order valence-electron chi connectivity index (χ2n) is 9.11. The van der Waals surface area contributed by atoms with E-state index in [-0.39, 0.29) is 5.56 Å². The van der Waals surface area contributed by atoms with Crippen LogP contribution in [0, 0.1) is 19.3 Å². The van der Waals surface area contributed by atoms with Crippen LogP contribution in [-0.2, 0) is 12.6 Å². The number of terminal acetylenes is 1. The largest absolute Gasteiger partial charge is 0.311 e. The van der Waals surface area contributed by atoms with Gasteiger partial charge in [-0.1, -0.05) is 47.9 Å². The fourth-order valence-electron chi connectivity index (χ4n) is 5.17. The normalized spacial score (nSPS) is 12.7. The van der Waals surface area contributed by atoms with Gasteiger partial charge in [0.1, 0.15) is 0 Å². The van der Waals surface area contributed by atoms with Crippen LogP contribution in [0.15, 0.2) is 96.1 Å². The molecule has 0 saturated carbocycles. The van der Waals surface area contributed by atoms with E-state index in [4.69, 9.17) is 18.0 Å². The number of rotatable bonds is 5. The fraction of sp³-hybridized carbons (Fsp3) is 0.125. The fourth-order valence-corrected chi connectivity index (χ4v) is 5.29.